The molecule has 0 aliphatic carbocycles. The summed E-state index contributed by atoms with van der Waals surface area (Å²) in [6.45, 7) is 0. The van der Waals surface area contributed by atoms with Crippen molar-refractivity contribution in [2.24, 2.45) is 0 Å². The van der Waals surface area contributed by atoms with E-state index in [2.05, 4.69) is 129 Å². The molecule has 3 nitrogen and oxygen atoms in total. The quantitative estimate of drug-likeness (QED) is 0.278. The SMILES string of the molecule is c1ccc(-c2cc3ccccc3n2-c2ccc(-n3c4ccccc4c4ccncc43)cc2)cc1. The molecule has 0 amide bonds. The lowest BCUT2D eigenvalue weighted by molar-refractivity contribution is 1.11. The van der Waals surface area contributed by atoms with E-state index in [1.807, 2.05) is 12.4 Å². The zero-order chi connectivity index (χ0) is 22.5. The Bertz CT molecular complexity index is 1740. The summed E-state index contributed by atoms with van der Waals surface area (Å²) < 4.78 is 4.65. The molecule has 0 unspecified atom stereocenters. The highest BCUT2D eigenvalue weighted by Crippen LogP contribution is 2.34. The van der Waals surface area contributed by atoms with E-state index < -0.39 is 0 Å². The van der Waals surface area contributed by atoms with Crippen molar-refractivity contribution in [2.45, 2.75) is 0 Å². The summed E-state index contributed by atoms with van der Waals surface area (Å²) in [5, 5.41) is 3.70. The molecule has 0 bridgehead atoms. The van der Waals surface area contributed by atoms with Crippen molar-refractivity contribution >= 4 is 32.7 Å². The molecule has 160 valence electrons. The second-order valence-electron chi connectivity index (χ2n) is 8.55. The predicted octanol–water partition coefficient (Wildman–Crippen LogP) is 7.79. The minimum Gasteiger partial charge on any atom is -0.309 e. The van der Waals surface area contributed by atoms with Gasteiger partial charge in [0.25, 0.3) is 0 Å². The fourth-order valence-electron chi connectivity index (χ4n) is 5.10. The van der Waals surface area contributed by atoms with E-state index in [-0.39, 0.29) is 0 Å². The molecule has 0 saturated heterocycles. The topological polar surface area (TPSA) is 22.8 Å². The van der Waals surface area contributed by atoms with E-state index in [1.165, 1.54) is 38.4 Å². The van der Waals surface area contributed by atoms with E-state index in [1.54, 1.807) is 0 Å². The van der Waals surface area contributed by atoms with Crippen molar-refractivity contribution in [3.8, 4) is 22.6 Å². The second kappa shape index (κ2) is 7.46. The molecule has 0 spiro atoms. The Morgan fingerprint density at radius 2 is 1.15 bits per heavy atom. The summed E-state index contributed by atoms with van der Waals surface area (Å²) >= 11 is 0. The number of rotatable bonds is 3. The molecule has 34 heavy (non-hydrogen) atoms. The van der Waals surface area contributed by atoms with Gasteiger partial charge in [0.1, 0.15) is 0 Å². The first-order chi connectivity index (χ1) is 16.9. The Morgan fingerprint density at radius 3 is 1.97 bits per heavy atom. The van der Waals surface area contributed by atoms with Crippen LogP contribution in [0.15, 0.2) is 128 Å². The van der Waals surface area contributed by atoms with Crippen molar-refractivity contribution in [1.29, 1.82) is 0 Å². The first-order valence-electron chi connectivity index (χ1n) is 11.5. The highest BCUT2D eigenvalue weighted by molar-refractivity contribution is 6.08. The van der Waals surface area contributed by atoms with Crippen LogP contribution in [0.2, 0.25) is 0 Å². The molecule has 0 aliphatic rings. The zero-order valence-corrected chi connectivity index (χ0v) is 18.5. The molecule has 7 rings (SSSR count). The zero-order valence-electron chi connectivity index (χ0n) is 18.5. The van der Waals surface area contributed by atoms with Gasteiger partial charge in [0, 0.05) is 33.7 Å². The molecule has 0 fully saturated rings. The number of benzene rings is 4. The lowest BCUT2D eigenvalue weighted by Gasteiger charge is -2.13. The van der Waals surface area contributed by atoms with Crippen LogP contribution in [0.4, 0.5) is 0 Å². The molecule has 0 atom stereocenters. The molecular formula is C31H21N3. The average molecular weight is 436 g/mol. The van der Waals surface area contributed by atoms with Gasteiger partial charge in [-0.15, -0.1) is 0 Å². The second-order valence-corrected chi connectivity index (χ2v) is 8.55. The Hall–Kier alpha value is -4.63. The number of nitrogens with zero attached hydrogens (tertiary/aromatic N) is 3. The number of pyridine rings is 1. The fraction of sp³-hybridized carbons (Fsp3) is 0. The van der Waals surface area contributed by atoms with Crippen LogP contribution in [0.25, 0.3) is 55.3 Å². The molecule has 0 N–H and O–H groups in total. The molecule has 0 saturated carbocycles. The highest BCUT2D eigenvalue weighted by Gasteiger charge is 2.14. The van der Waals surface area contributed by atoms with E-state index >= 15 is 0 Å². The van der Waals surface area contributed by atoms with Crippen molar-refractivity contribution in [2.75, 3.05) is 0 Å². The molecule has 3 heterocycles. The average Bonchev–Trinajstić information content (AvgIpc) is 3.46. The van der Waals surface area contributed by atoms with Gasteiger partial charge in [-0.1, -0.05) is 66.7 Å². The van der Waals surface area contributed by atoms with E-state index in [4.69, 9.17) is 0 Å². The summed E-state index contributed by atoms with van der Waals surface area (Å²) in [5.74, 6) is 0. The fourth-order valence-corrected chi connectivity index (χ4v) is 5.10. The molecule has 3 aromatic heterocycles. The van der Waals surface area contributed by atoms with Crippen molar-refractivity contribution < 1.29 is 0 Å². The maximum absolute atomic E-state index is 4.41. The Morgan fingerprint density at radius 1 is 0.500 bits per heavy atom. The molecular weight excluding hydrogens is 414 g/mol. The van der Waals surface area contributed by atoms with Crippen LogP contribution in [-0.2, 0) is 0 Å². The predicted molar refractivity (Wildman–Crippen MR) is 141 cm³/mol. The van der Waals surface area contributed by atoms with Gasteiger partial charge in [0.2, 0.25) is 0 Å². The summed E-state index contributed by atoms with van der Waals surface area (Å²) in [6.07, 6.45) is 3.82. The highest BCUT2D eigenvalue weighted by atomic mass is 15.0. The first kappa shape index (κ1) is 18.9. The van der Waals surface area contributed by atoms with Crippen LogP contribution in [-0.4, -0.2) is 14.1 Å². The van der Waals surface area contributed by atoms with Crippen molar-refractivity contribution in [3.05, 3.63) is 128 Å². The summed E-state index contributed by atoms with van der Waals surface area (Å²) in [4.78, 5) is 4.41. The third-order valence-corrected chi connectivity index (χ3v) is 6.62. The monoisotopic (exact) mass is 435 g/mol. The molecule has 4 aromatic carbocycles. The van der Waals surface area contributed by atoms with Crippen molar-refractivity contribution in [3.63, 3.8) is 0 Å². The van der Waals surface area contributed by atoms with E-state index in [0.29, 0.717) is 0 Å². The van der Waals surface area contributed by atoms with Crippen LogP contribution >= 0.6 is 0 Å². The van der Waals surface area contributed by atoms with E-state index in [9.17, 15) is 0 Å². The number of hydrogen-bond donors (Lipinski definition) is 0. The van der Waals surface area contributed by atoms with Gasteiger partial charge < -0.3 is 9.13 Å². The van der Waals surface area contributed by atoms with E-state index in [0.717, 1.165) is 16.9 Å². The van der Waals surface area contributed by atoms with Gasteiger partial charge in [-0.05, 0) is 54.1 Å². The van der Waals surface area contributed by atoms with Crippen LogP contribution in [0, 0.1) is 0 Å². The number of aromatic nitrogens is 3. The normalized spacial score (nSPS) is 11.5. The largest absolute Gasteiger partial charge is 0.309 e. The summed E-state index contributed by atoms with van der Waals surface area (Å²) in [6, 6.07) is 40.9. The van der Waals surface area contributed by atoms with Gasteiger partial charge >= 0.3 is 0 Å². The molecule has 3 heteroatoms. The molecule has 7 aromatic rings. The smallest absolute Gasteiger partial charge is 0.0724 e. The third kappa shape index (κ3) is 2.81. The standard InChI is InChI=1S/C31H21N3/c1-2-8-22(9-3-1)30-20-23-10-4-6-12-28(23)33(30)24-14-16-25(17-15-24)34-29-13-7-5-11-26(29)27-18-19-32-21-31(27)34/h1-21H. The maximum Gasteiger partial charge on any atom is 0.0724 e. The number of fused-ring (bicyclic) bond motifs is 4. The van der Waals surface area contributed by atoms with Gasteiger partial charge in [-0.25, -0.2) is 0 Å². The minimum absolute atomic E-state index is 1.12. The van der Waals surface area contributed by atoms with Gasteiger partial charge in [-0.3, -0.25) is 4.98 Å². The Kier molecular flexibility index (Phi) is 4.15. The van der Waals surface area contributed by atoms with Gasteiger partial charge in [0.15, 0.2) is 0 Å². The summed E-state index contributed by atoms with van der Waals surface area (Å²) in [5.41, 5.74) is 8.17. The first-order valence-corrected chi connectivity index (χ1v) is 11.5. The van der Waals surface area contributed by atoms with Gasteiger partial charge in [0.05, 0.1) is 28.4 Å². The summed E-state index contributed by atoms with van der Waals surface area (Å²) in [7, 11) is 0. The Labute approximate surface area is 197 Å². The van der Waals surface area contributed by atoms with Crippen LogP contribution in [0.5, 0.6) is 0 Å². The molecule has 0 aliphatic heterocycles. The lowest BCUT2D eigenvalue weighted by atomic mass is 10.1. The minimum atomic E-state index is 1.12. The maximum atomic E-state index is 4.41. The Balaban J connectivity index is 1.43. The van der Waals surface area contributed by atoms with Crippen LogP contribution in [0.1, 0.15) is 0 Å². The molecule has 0 radical (unpaired) electrons. The van der Waals surface area contributed by atoms with Crippen LogP contribution < -0.4 is 0 Å². The lowest BCUT2D eigenvalue weighted by Crippen LogP contribution is -1.99. The number of para-hydroxylation sites is 2. The van der Waals surface area contributed by atoms with Crippen molar-refractivity contribution in [1.82, 2.24) is 14.1 Å². The number of hydrogen-bond acceptors (Lipinski definition) is 1. The van der Waals surface area contributed by atoms with Gasteiger partial charge in [-0.2, -0.15) is 0 Å². The van der Waals surface area contributed by atoms with Crippen LogP contribution in [0.3, 0.4) is 0 Å². The third-order valence-electron chi connectivity index (χ3n) is 6.62.